The van der Waals surface area contributed by atoms with Crippen LogP contribution in [0.15, 0.2) is 18.7 Å². The highest BCUT2D eigenvalue weighted by Gasteiger charge is 2.25. The molecule has 0 aliphatic heterocycles. The smallest absolute Gasteiger partial charge is 0.243 e. The Labute approximate surface area is 78.1 Å². The van der Waals surface area contributed by atoms with E-state index < -0.39 is 5.41 Å². The lowest BCUT2D eigenvalue weighted by Gasteiger charge is -2.21. The molecule has 0 bridgehead atoms. The highest BCUT2D eigenvalue weighted by molar-refractivity contribution is 4.76. The molecule has 4 heteroatoms. The molecule has 13 heavy (non-hydrogen) atoms. The lowest BCUT2D eigenvalue weighted by Crippen LogP contribution is -2.32. The van der Waals surface area contributed by atoms with Crippen LogP contribution in [0, 0.1) is 5.41 Å². The summed E-state index contributed by atoms with van der Waals surface area (Å²) in [7, 11) is 1.94. The molecule has 0 fully saturated rings. The first-order chi connectivity index (χ1) is 6.09. The summed E-state index contributed by atoms with van der Waals surface area (Å²) in [4.78, 5) is 0. The first-order valence-corrected chi connectivity index (χ1v) is 4.32. The van der Waals surface area contributed by atoms with Crippen molar-refractivity contribution in [3.63, 3.8) is 0 Å². The Morgan fingerprint density at radius 1 is 1.38 bits per heavy atom. The summed E-state index contributed by atoms with van der Waals surface area (Å²) in [6.45, 7) is 2.46. The van der Waals surface area contributed by atoms with E-state index in [1.807, 2.05) is 41.8 Å². The number of aryl methyl sites for hydroxylation is 1. The molecule has 1 heterocycles. The molecular weight excluding hydrogens is 168 g/mol. The number of imidazole rings is 1. The summed E-state index contributed by atoms with van der Waals surface area (Å²) in [6.07, 6.45) is 5.77. The largest absolute Gasteiger partial charge is 0.396 e. The van der Waals surface area contributed by atoms with Crippen molar-refractivity contribution in [2.75, 3.05) is 13.2 Å². The van der Waals surface area contributed by atoms with Gasteiger partial charge in [0.1, 0.15) is 12.4 Å². The van der Waals surface area contributed by atoms with Crippen molar-refractivity contribution < 1.29 is 14.8 Å². The first kappa shape index (κ1) is 10.2. The monoisotopic (exact) mass is 185 g/mol. The van der Waals surface area contributed by atoms with Gasteiger partial charge in [-0.2, -0.15) is 0 Å². The van der Waals surface area contributed by atoms with E-state index in [1.165, 1.54) is 0 Å². The zero-order valence-corrected chi connectivity index (χ0v) is 8.14. The summed E-state index contributed by atoms with van der Waals surface area (Å²) < 4.78 is 3.88. The van der Waals surface area contributed by atoms with E-state index in [-0.39, 0.29) is 13.2 Å². The minimum Gasteiger partial charge on any atom is -0.396 e. The van der Waals surface area contributed by atoms with Crippen molar-refractivity contribution in [2.45, 2.75) is 13.5 Å². The SMILES string of the molecule is C[n+]1ccn(CC(C)(CO)CO)c1. The average molecular weight is 185 g/mol. The summed E-state index contributed by atoms with van der Waals surface area (Å²) in [5, 5.41) is 18.1. The fourth-order valence-corrected chi connectivity index (χ4v) is 1.19. The second kappa shape index (κ2) is 3.89. The van der Waals surface area contributed by atoms with Crippen LogP contribution >= 0.6 is 0 Å². The minimum absolute atomic E-state index is 0.00854. The topological polar surface area (TPSA) is 49.3 Å². The van der Waals surface area contributed by atoms with Gasteiger partial charge in [-0.15, -0.1) is 0 Å². The summed E-state index contributed by atoms with van der Waals surface area (Å²) in [5.41, 5.74) is -0.438. The van der Waals surface area contributed by atoms with E-state index in [9.17, 15) is 0 Å². The number of hydrogen-bond donors (Lipinski definition) is 2. The Hall–Kier alpha value is -0.870. The number of aliphatic hydroxyl groups is 2. The molecule has 1 rings (SSSR count). The second-order valence-corrected chi connectivity index (χ2v) is 3.88. The molecule has 0 aliphatic carbocycles. The van der Waals surface area contributed by atoms with Crippen molar-refractivity contribution in [2.24, 2.45) is 12.5 Å². The lowest BCUT2D eigenvalue weighted by molar-refractivity contribution is -0.671. The molecule has 0 saturated carbocycles. The Kier molecular flexibility index (Phi) is 3.06. The molecule has 0 aromatic carbocycles. The zero-order valence-electron chi connectivity index (χ0n) is 8.14. The van der Waals surface area contributed by atoms with Gasteiger partial charge in [0.25, 0.3) is 0 Å². The van der Waals surface area contributed by atoms with E-state index in [0.29, 0.717) is 6.54 Å². The number of nitrogens with zero attached hydrogens (tertiary/aromatic N) is 2. The van der Waals surface area contributed by atoms with Crippen LogP contribution in [0.25, 0.3) is 0 Å². The van der Waals surface area contributed by atoms with Crippen molar-refractivity contribution in [1.29, 1.82) is 0 Å². The van der Waals surface area contributed by atoms with E-state index in [2.05, 4.69) is 0 Å². The van der Waals surface area contributed by atoms with Crippen LogP contribution < -0.4 is 4.57 Å². The zero-order chi connectivity index (χ0) is 9.90. The van der Waals surface area contributed by atoms with Crippen LogP contribution in [0.3, 0.4) is 0 Å². The molecular formula is C9H17N2O2+. The van der Waals surface area contributed by atoms with Crippen molar-refractivity contribution in [1.82, 2.24) is 4.57 Å². The van der Waals surface area contributed by atoms with Crippen LogP contribution in [-0.4, -0.2) is 28.0 Å². The van der Waals surface area contributed by atoms with Crippen LogP contribution in [0.1, 0.15) is 6.92 Å². The molecule has 4 nitrogen and oxygen atoms in total. The third-order valence-corrected chi connectivity index (χ3v) is 2.15. The Morgan fingerprint density at radius 3 is 2.38 bits per heavy atom. The predicted molar refractivity (Wildman–Crippen MR) is 47.9 cm³/mol. The normalized spacial score (nSPS) is 12.0. The molecule has 0 spiro atoms. The first-order valence-electron chi connectivity index (χ1n) is 4.32. The molecule has 0 atom stereocenters. The highest BCUT2D eigenvalue weighted by Crippen LogP contribution is 2.16. The Bertz CT molecular complexity index is 266. The van der Waals surface area contributed by atoms with E-state index >= 15 is 0 Å². The number of aromatic nitrogens is 2. The maximum absolute atomic E-state index is 9.07. The molecule has 0 unspecified atom stereocenters. The fourth-order valence-electron chi connectivity index (χ4n) is 1.19. The summed E-state index contributed by atoms with van der Waals surface area (Å²) in [5.74, 6) is 0. The van der Waals surface area contributed by atoms with Crippen LogP contribution in [0.2, 0.25) is 0 Å². The minimum atomic E-state index is -0.438. The molecule has 1 aromatic heterocycles. The molecule has 0 aliphatic rings. The number of rotatable bonds is 4. The van der Waals surface area contributed by atoms with E-state index in [0.717, 1.165) is 0 Å². The van der Waals surface area contributed by atoms with Gasteiger partial charge in [0.15, 0.2) is 0 Å². The Balaban J connectivity index is 2.67. The van der Waals surface area contributed by atoms with Gasteiger partial charge in [0, 0.05) is 0 Å². The fraction of sp³-hybridized carbons (Fsp3) is 0.667. The van der Waals surface area contributed by atoms with Crippen molar-refractivity contribution >= 4 is 0 Å². The predicted octanol–water partition coefficient (Wildman–Crippen LogP) is -0.697. The van der Waals surface area contributed by atoms with Crippen LogP contribution in [0.4, 0.5) is 0 Å². The summed E-state index contributed by atoms with van der Waals surface area (Å²) in [6, 6.07) is 0. The quantitative estimate of drug-likeness (QED) is 0.610. The van der Waals surface area contributed by atoms with Gasteiger partial charge in [-0.05, 0) is 0 Å². The molecule has 0 amide bonds. The third kappa shape index (κ3) is 2.54. The maximum Gasteiger partial charge on any atom is 0.243 e. The number of aliphatic hydroxyl groups excluding tert-OH is 2. The van der Waals surface area contributed by atoms with Gasteiger partial charge < -0.3 is 10.2 Å². The Morgan fingerprint density at radius 2 is 2.00 bits per heavy atom. The third-order valence-electron chi connectivity index (χ3n) is 2.15. The van der Waals surface area contributed by atoms with Crippen LogP contribution in [0.5, 0.6) is 0 Å². The van der Waals surface area contributed by atoms with Crippen molar-refractivity contribution in [3.05, 3.63) is 18.7 Å². The summed E-state index contributed by atoms with van der Waals surface area (Å²) >= 11 is 0. The van der Waals surface area contributed by atoms with E-state index in [1.54, 1.807) is 0 Å². The standard InChI is InChI=1S/C9H17N2O2/c1-9(6-12,7-13)5-11-4-3-10(2)8-11/h3-4,8,12-13H,5-7H2,1-2H3/q+1. The number of hydrogen-bond acceptors (Lipinski definition) is 2. The molecule has 2 N–H and O–H groups in total. The van der Waals surface area contributed by atoms with Gasteiger partial charge >= 0.3 is 0 Å². The molecule has 1 aromatic rings. The van der Waals surface area contributed by atoms with E-state index in [4.69, 9.17) is 10.2 Å². The van der Waals surface area contributed by atoms with Gasteiger partial charge in [0.2, 0.25) is 6.33 Å². The maximum atomic E-state index is 9.07. The van der Waals surface area contributed by atoms with Gasteiger partial charge in [-0.25, -0.2) is 9.13 Å². The molecule has 74 valence electrons. The molecule has 0 radical (unpaired) electrons. The second-order valence-electron chi connectivity index (χ2n) is 3.88. The average Bonchev–Trinajstić information content (AvgIpc) is 2.51. The van der Waals surface area contributed by atoms with Crippen molar-refractivity contribution in [3.8, 4) is 0 Å². The molecule has 0 saturated heterocycles. The highest BCUT2D eigenvalue weighted by atomic mass is 16.3. The van der Waals surface area contributed by atoms with Gasteiger partial charge in [-0.1, -0.05) is 6.92 Å². The van der Waals surface area contributed by atoms with Gasteiger partial charge in [0.05, 0.1) is 32.2 Å². The lowest BCUT2D eigenvalue weighted by atomic mass is 9.93. The van der Waals surface area contributed by atoms with Crippen LogP contribution in [-0.2, 0) is 13.6 Å². The van der Waals surface area contributed by atoms with Gasteiger partial charge in [-0.3, -0.25) is 0 Å².